The second-order valence-corrected chi connectivity index (χ2v) is 8.60. The maximum atomic E-state index is 12.7. The molecule has 4 atom stereocenters. The largest absolute Gasteiger partial charge is 0.466 e. The first-order valence-corrected chi connectivity index (χ1v) is 10.7. The zero-order valence-electron chi connectivity index (χ0n) is 14.6. The van der Waals surface area contributed by atoms with Crippen LogP contribution in [0.2, 0.25) is 5.28 Å². The van der Waals surface area contributed by atoms with Crippen molar-refractivity contribution in [2.75, 3.05) is 11.9 Å². The number of carbonyl (C=O) groups is 1. The van der Waals surface area contributed by atoms with E-state index in [4.69, 9.17) is 16.3 Å². The maximum Gasteiger partial charge on any atom is 0.311 e. The Balaban J connectivity index is 1.72. The lowest BCUT2D eigenvalue weighted by Crippen LogP contribution is -2.47. The lowest BCUT2D eigenvalue weighted by molar-refractivity contribution is -0.152. The summed E-state index contributed by atoms with van der Waals surface area (Å²) in [4.78, 5) is 17.2. The van der Waals surface area contributed by atoms with Gasteiger partial charge in [0.2, 0.25) is 5.28 Å². The number of ether oxygens (including phenoxy) is 1. The summed E-state index contributed by atoms with van der Waals surface area (Å²) >= 11 is 8.37. The van der Waals surface area contributed by atoms with Crippen LogP contribution in [0, 0.1) is 21.5 Å². The van der Waals surface area contributed by atoms with Gasteiger partial charge in [-0.1, -0.05) is 6.42 Å². The zero-order valence-corrected chi connectivity index (χ0v) is 17.5. The van der Waals surface area contributed by atoms with Crippen molar-refractivity contribution in [3.63, 3.8) is 0 Å². The molecule has 2 heterocycles. The van der Waals surface area contributed by atoms with Crippen LogP contribution in [0.15, 0.2) is 12.1 Å². The summed E-state index contributed by atoms with van der Waals surface area (Å²) in [5.74, 6) is 1.32. The minimum Gasteiger partial charge on any atom is -0.466 e. The molecule has 0 spiro atoms. The number of hydrogen-bond acceptors (Lipinski definition) is 5. The first-order chi connectivity index (χ1) is 12.6. The number of carbonyl (C=O) groups excluding carboxylic acids is 1. The Hall–Kier alpha value is -1.09. The van der Waals surface area contributed by atoms with Gasteiger partial charge in [0.15, 0.2) is 5.82 Å². The Morgan fingerprint density at radius 1 is 1.35 bits per heavy atom. The molecule has 0 aromatic carbocycles. The summed E-state index contributed by atoms with van der Waals surface area (Å²) in [6.45, 7) is 2.28. The van der Waals surface area contributed by atoms with Crippen LogP contribution in [0.25, 0.3) is 5.52 Å². The van der Waals surface area contributed by atoms with Crippen LogP contribution in [0.3, 0.4) is 0 Å². The molecule has 3 aliphatic carbocycles. The first kappa shape index (κ1) is 18.3. The van der Waals surface area contributed by atoms with E-state index in [0.717, 1.165) is 34.9 Å². The van der Waals surface area contributed by atoms with Crippen LogP contribution in [-0.4, -0.2) is 33.2 Å². The van der Waals surface area contributed by atoms with E-state index in [9.17, 15) is 4.79 Å². The summed E-state index contributed by atoms with van der Waals surface area (Å²) in [7, 11) is 0. The molecule has 5 rings (SSSR count). The van der Waals surface area contributed by atoms with Gasteiger partial charge >= 0.3 is 5.97 Å². The van der Waals surface area contributed by atoms with Crippen LogP contribution in [-0.2, 0) is 9.53 Å². The van der Waals surface area contributed by atoms with E-state index in [1.54, 1.807) is 4.52 Å². The standard InChI is InChI=1S/C18H22ClIN4O2/c1-2-26-17(25)14-10-4-3-5-11(7-6-10)15(14)21-16-12-8-9-13(20)24(12)23-18(19)22-16/h8-11,14-15H,2-7H2,1H3,(H,21,22,23)/t10-,11+,14-,15-/m0/s1. The van der Waals surface area contributed by atoms with Crippen LogP contribution >= 0.6 is 34.2 Å². The molecule has 3 aliphatic rings. The molecular formula is C18H22ClIN4O2. The Kier molecular flexibility index (Phi) is 5.27. The van der Waals surface area contributed by atoms with Gasteiger partial charge in [0.1, 0.15) is 9.22 Å². The van der Waals surface area contributed by atoms with Crippen molar-refractivity contribution >= 4 is 51.5 Å². The summed E-state index contributed by atoms with van der Waals surface area (Å²) < 4.78 is 8.18. The quantitative estimate of drug-likeness (QED) is 0.517. The van der Waals surface area contributed by atoms with Crippen LogP contribution < -0.4 is 5.32 Å². The fraction of sp³-hybridized carbons (Fsp3) is 0.611. The molecule has 3 fully saturated rings. The number of nitrogens with one attached hydrogen (secondary N) is 1. The van der Waals surface area contributed by atoms with Crippen molar-refractivity contribution < 1.29 is 9.53 Å². The van der Waals surface area contributed by atoms with Crippen molar-refractivity contribution in [3.05, 3.63) is 21.1 Å². The third-order valence-corrected chi connectivity index (χ3v) is 6.74. The van der Waals surface area contributed by atoms with E-state index in [1.807, 2.05) is 19.1 Å². The average molecular weight is 489 g/mol. The Labute approximate surface area is 171 Å². The molecule has 0 amide bonds. The molecule has 2 aromatic heterocycles. The number of nitrogens with zero attached hydrogens (tertiary/aromatic N) is 3. The van der Waals surface area contributed by atoms with Gasteiger partial charge < -0.3 is 10.1 Å². The van der Waals surface area contributed by atoms with E-state index in [0.29, 0.717) is 24.3 Å². The lowest BCUT2D eigenvalue weighted by Gasteiger charge is -2.39. The van der Waals surface area contributed by atoms with E-state index >= 15 is 0 Å². The monoisotopic (exact) mass is 488 g/mol. The summed E-state index contributed by atoms with van der Waals surface area (Å²) in [6, 6.07) is 3.99. The van der Waals surface area contributed by atoms with Gasteiger partial charge in [0.25, 0.3) is 0 Å². The molecule has 8 heteroatoms. The number of anilines is 1. The summed E-state index contributed by atoms with van der Waals surface area (Å²) in [5, 5.41) is 8.04. The van der Waals surface area contributed by atoms with E-state index < -0.39 is 0 Å². The summed E-state index contributed by atoms with van der Waals surface area (Å²) in [6.07, 6.45) is 5.66. The Bertz CT molecular complexity index is 823. The highest BCUT2D eigenvalue weighted by molar-refractivity contribution is 14.1. The van der Waals surface area contributed by atoms with Crippen molar-refractivity contribution in [2.45, 2.75) is 45.1 Å². The fourth-order valence-corrected chi connectivity index (χ4v) is 5.36. The smallest absolute Gasteiger partial charge is 0.311 e. The molecule has 0 radical (unpaired) electrons. The number of halogens is 2. The molecule has 1 N–H and O–H groups in total. The molecule has 140 valence electrons. The van der Waals surface area contributed by atoms with Gasteiger partial charge in [-0.2, -0.15) is 4.98 Å². The van der Waals surface area contributed by atoms with Crippen molar-refractivity contribution in [1.82, 2.24) is 14.6 Å². The minimum atomic E-state index is -0.126. The predicted molar refractivity (Wildman–Crippen MR) is 108 cm³/mol. The highest BCUT2D eigenvalue weighted by Crippen LogP contribution is 2.45. The third-order valence-electron chi connectivity index (χ3n) is 5.76. The van der Waals surface area contributed by atoms with Crippen LogP contribution in [0.5, 0.6) is 0 Å². The van der Waals surface area contributed by atoms with Gasteiger partial charge in [-0.3, -0.25) is 4.79 Å². The second-order valence-electron chi connectivity index (χ2n) is 7.16. The van der Waals surface area contributed by atoms with Gasteiger partial charge in [-0.15, -0.1) is 5.10 Å². The molecule has 0 unspecified atom stereocenters. The number of fused-ring (bicyclic) bond motifs is 5. The maximum absolute atomic E-state index is 12.7. The first-order valence-electron chi connectivity index (χ1n) is 9.22. The molecule has 0 saturated heterocycles. The lowest BCUT2D eigenvalue weighted by atomic mass is 9.71. The van der Waals surface area contributed by atoms with Crippen molar-refractivity contribution in [3.8, 4) is 0 Å². The van der Waals surface area contributed by atoms with Gasteiger partial charge in [0, 0.05) is 6.04 Å². The van der Waals surface area contributed by atoms with Gasteiger partial charge in [0.05, 0.1) is 12.5 Å². The van der Waals surface area contributed by atoms with Gasteiger partial charge in [-0.05, 0) is 90.8 Å². The zero-order chi connectivity index (χ0) is 18.3. The summed E-state index contributed by atoms with van der Waals surface area (Å²) in [5.41, 5.74) is 0.876. The Morgan fingerprint density at radius 2 is 2.12 bits per heavy atom. The van der Waals surface area contributed by atoms with Crippen LogP contribution in [0.4, 0.5) is 5.82 Å². The number of esters is 1. The molecule has 26 heavy (non-hydrogen) atoms. The van der Waals surface area contributed by atoms with E-state index in [-0.39, 0.29) is 23.2 Å². The molecular weight excluding hydrogens is 467 g/mol. The Morgan fingerprint density at radius 3 is 2.92 bits per heavy atom. The number of rotatable bonds is 4. The van der Waals surface area contributed by atoms with Crippen LogP contribution in [0.1, 0.15) is 39.0 Å². The van der Waals surface area contributed by atoms with E-state index in [2.05, 4.69) is 38.0 Å². The number of aromatic nitrogens is 3. The fourth-order valence-electron chi connectivity index (χ4n) is 4.65. The van der Waals surface area contributed by atoms with Gasteiger partial charge in [-0.25, -0.2) is 4.52 Å². The predicted octanol–water partition coefficient (Wildman–Crippen LogP) is 4.16. The van der Waals surface area contributed by atoms with Crippen molar-refractivity contribution in [2.24, 2.45) is 17.8 Å². The van der Waals surface area contributed by atoms with Crippen molar-refractivity contribution in [1.29, 1.82) is 0 Å². The second kappa shape index (κ2) is 7.50. The normalized spacial score (nSPS) is 28.1. The minimum absolute atomic E-state index is 0.0256. The highest BCUT2D eigenvalue weighted by Gasteiger charge is 2.46. The third kappa shape index (κ3) is 3.28. The molecule has 0 aliphatic heterocycles. The average Bonchev–Trinajstić information content (AvgIpc) is 2.79. The topological polar surface area (TPSA) is 68.5 Å². The molecule has 2 aromatic rings. The van der Waals surface area contributed by atoms with E-state index in [1.165, 1.54) is 6.42 Å². The molecule has 3 saturated carbocycles. The molecule has 2 bridgehead atoms. The SMILES string of the molecule is CCOC(=O)[C@H]1[C@H]2CCC[C@H](CC2)[C@@H]1Nc1nc(Cl)nn2c(I)ccc12. The number of hydrogen-bond donors (Lipinski definition) is 1. The molecule has 6 nitrogen and oxygen atoms in total. The highest BCUT2D eigenvalue weighted by atomic mass is 127.